The Morgan fingerprint density at radius 3 is 1.39 bits per heavy atom. The molecule has 4 aromatic carbocycles. The van der Waals surface area contributed by atoms with Crippen molar-refractivity contribution >= 4 is 17.9 Å². The van der Waals surface area contributed by atoms with Gasteiger partial charge in [-0.25, -0.2) is 4.67 Å². The highest BCUT2D eigenvalue weighted by Crippen LogP contribution is 2.53. The maximum Gasteiger partial charge on any atom is 0.207 e. The molecule has 1 N–H and O–H groups in total. The van der Waals surface area contributed by atoms with Crippen LogP contribution in [-0.4, -0.2) is 16.8 Å². The first-order chi connectivity index (χ1) is 15.1. The minimum Gasteiger partial charge on any atom is -0.386 e. The first-order valence-electron chi connectivity index (χ1n) is 10.3. The highest BCUT2D eigenvalue weighted by atomic mass is 31.2. The van der Waals surface area contributed by atoms with Crippen molar-refractivity contribution in [1.29, 1.82) is 0 Å². The van der Waals surface area contributed by atoms with E-state index in [0.717, 1.165) is 21.7 Å². The van der Waals surface area contributed by atoms with Crippen molar-refractivity contribution < 1.29 is 9.67 Å². The molecule has 156 valence electrons. The molecule has 3 nitrogen and oxygen atoms in total. The zero-order chi connectivity index (χ0) is 21.7. The molecule has 4 heteroatoms. The topological polar surface area (TPSA) is 40.5 Å². The third-order valence-electron chi connectivity index (χ3n) is 5.64. The van der Waals surface area contributed by atoms with Crippen LogP contribution in [0, 0.1) is 0 Å². The quantitative estimate of drug-likeness (QED) is 0.406. The Labute approximate surface area is 184 Å². The van der Waals surface area contributed by atoms with Gasteiger partial charge < -0.3 is 5.11 Å². The Morgan fingerprint density at radius 2 is 0.968 bits per heavy atom. The lowest BCUT2D eigenvalue weighted by Crippen LogP contribution is -2.35. The van der Waals surface area contributed by atoms with Crippen molar-refractivity contribution in [3.8, 4) is 0 Å². The van der Waals surface area contributed by atoms with E-state index in [-0.39, 0.29) is 0 Å². The predicted molar refractivity (Wildman–Crippen MR) is 128 cm³/mol. The highest BCUT2D eigenvalue weighted by molar-refractivity contribution is 7.76. The van der Waals surface area contributed by atoms with E-state index in [1.165, 1.54) is 0 Å². The van der Waals surface area contributed by atoms with Crippen LogP contribution in [0.25, 0.3) is 0 Å². The van der Waals surface area contributed by atoms with Crippen LogP contribution in [0.3, 0.4) is 0 Å². The van der Waals surface area contributed by atoms with Gasteiger partial charge in [0.2, 0.25) is 7.29 Å². The normalized spacial score (nSPS) is 13.6. The Bertz CT molecular complexity index is 1090. The number of nitrogens with zero attached hydrogens (tertiary/aromatic N) is 1. The van der Waals surface area contributed by atoms with E-state index in [2.05, 4.69) is 0 Å². The Hall–Kier alpha value is -2.97. The van der Waals surface area contributed by atoms with Crippen molar-refractivity contribution in [2.45, 2.75) is 12.1 Å². The average molecular weight is 427 g/mol. The number of hydrogen-bond donors (Lipinski definition) is 1. The van der Waals surface area contributed by atoms with Gasteiger partial charge in [-0.2, -0.15) is 0 Å². The molecule has 0 bridgehead atoms. The van der Waals surface area contributed by atoms with Gasteiger partial charge in [0.05, 0.1) is 12.1 Å². The van der Waals surface area contributed by atoms with E-state index >= 15 is 0 Å². The number of likely N-dealkylation sites (N-methyl/N-ethyl adjacent to an activating group) is 1. The van der Waals surface area contributed by atoms with Crippen LogP contribution >= 0.6 is 7.29 Å². The molecule has 0 heterocycles. The molecule has 1 unspecified atom stereocenters. The molecular weight excluding hydrogens is 401 g/mol. The minimum absolute atomic E-state index is 0.505. The van der Waals surface area contributed by atoms with Gasteiger partial charge in [-0.05, 0) is 42.4 Å². The minimum atomic E-state index is -3.24. The maximum atomic E-state index is 14.9. The van der Waals surface area contributed by atoms with E-state index in [1.807, 2.05) is 133 Å². The van der Waals surface area contributed by atoms with E-state index in [9.17, 15) is 9.67 Å². The number of hydrogen-bond acceptors (Lipinski definition) is 2. The average Bonchev–Trinajstić information content (AvgIpc) is 2.86. The van der Waals surface area contributed by atoms with Crippen molar-refractivity contribution in [1.82, 2.24) is 4.67 Å². The van der Waals surface area contributed by atoms with Crippen molar-refractivity contribution in [3.05, 3.63) is 132 Å². The number of benzene rings is 4. The third-order valence-corrected chi connectivity index (χ3v) is 8.77. The van der Waals surface area contributed by atoms with Crippen molar-refractivity contribution in [2.24, 2.45) is 0 Å². The summed E-state index contributed by atoms with van der Waals surface area (Å²) in [6.07, 6.45) is -0.852. The van der Waals surface area contributed by atoms with Crippen molar-refractivity contribution in [3.63, 3.8) is 0 Å². The van der Waals surface area contributed by atoms with Crippen molar-refractivity contribution in [2.75, 3.05) is 7.05 Å². The monoisotopic (exact) mass is 427 g/mol. The van der Waals surface area contributed by atoms with Gasteiger partial charge in [-0.15, -0.1) is 0 Å². The summed E-state index contributed by atoms with van der Waals surface area (Å²) in [5.41, 5.74) is 1.70. The second kappa shape index (κ2) is 9.45. The van der Waals surface area contributed by atoms with Gasteiger partial charge in [-0.3, -0.25) is 4.57 Å². The van der Waals surface area contributed by atoms with Gasteiger partial charge in [0.1, 0.15) is 0 Å². The molecule has 0 aliphatic rings. The smallest absolute Gasteiger partial charge is 0.207 e. The standard InChI is InChI=1S/C27H26NO2P/c1-28(31(30,24-18-10-4-11-19-24)25-20-12-5-13-21-25)26(22-14-6-2-7-15-22)27(29)23-16-8-3-9-17-23/h2-21,26-27,29H,1H3/t26-,27?/m1/s1. The van der Waals surface area contributed by atoms with Crippen LogP contribution in [0.5, 0.6) is 0 Å². The molecule has 2 atom stereocenters. The van der Waals surface area contributed by atoms with Crippen LogP contribution in [0.1, 0.15) is 23.3 Å². The van der Waals surface area contributed by atoms with Crippen LogP contribution < -0.4 is 10.6 Å². The summed E-state index contributed by atoms with van der Waals surface area (Å²) in [6.45, 7) is 0. The van der Waals surface area contributed by atoms with Crippen LogP contribution in [0.4, 0.5) is 0 Å². The molecule has 4 aromatic rings. The molecule has 0 aliphatic heterocycles. The Balaban J connectivity index is 1.89. The van der Waals surface area contributed by atoms with Crippen LogP contribution in [0.2, 0.25) is 0 Å². The molecule has 0 amide bonds. The summed E-state index contributed by atoms with van der Waals surface area (Å²) >= 11 is 0. The van der Waals surface area contributed by atoms with Gasteiger partial charge >= 0.3 is 0 Å². The first kappa shape index (κ1) is 21.3. The lowest BCUT2D eigenvalue weighted by atomic mass is 9.96. The van der Waals surface area contributed by atoms with Gasteiger partial charge in [-0.1, -0.05) is 97.1 Å². The molecule has 0 aromatic heterocycles. The van der Waals surface area contributed by atoms with E-state index in [4.69, 9.17) is 0 Å². The number of rotatable bonds is 7. The molecule has 0 spiro atoms. The van der Waals surface area contributed by atoms with Crippen LogP contribution in [-0.2, 0) is 4.57 Å². The zero-order valence-corrected chi connectivity index (χ0v) is 18.3. The summed E-state index contributed by atoms with van der Waals surface area (Å²) in [6, 6.07) is 38.0. The summed E-state index contributed by atoms with van der Waals surface area (Å²) < 4.78 is 16.7. The largest absolute Gasteiger partial charge is 0.386 e. The lowest BCUT2D eigenvalue weighted by molar-refractivity contribution is 0.0987. The van der Waals surface area contributed by atoms with E-state index in [0.29, 0.717) is 0 Å². The zero-order valence-electron chi connectivity index (χ0n) is 17.5. The number of aliphatic hydroxyl groups is 1. The summed E-state index contributed by atoms with van der Waals surface area (Å²) in [5.74, 6) is 0. The molecule has 0 saturated carbocycles. The molecule has 0 aliphatic carbocycles. The first-order valence-corrected chi connectivity index (χ1v) is 12.0. The molecule has 4 rings (SSSR count). The van der Waals surface area contributed by atoms with Gasteiger partial charge in [0.25, 0.3) is 0 Å². The van der Waals surface area contributed by atoms with Gasteiger partial charge in [0.15, 0.2) is 0 Å². The SMILES string of the molecule is CN([C@H](c1ccccc1)C(O)c1ccccc1)P(=O)(c1ccccc1)c1ccccc1. The third kappa shape index (κ3) is 4.26. The summed E-state index contributed by atoms with van der Waals surface area (Å²) in [7, 11) is -1.39. The molecule has 0 radical (unpaired) electrons. The molecule has 31 heavy (non-hydrogen) atoms. The number of aliphatic hydroxyl groups excluding tert-OH is 1. The van der Waals surface area contributed by atoms with E-state index in [1.54, 1.807) is 0 Å². The second-order valence-corrected chi connectivity index (χ2v) is 10.3. The van der Waals surface area contributed by atoms with Crippen LogP contribution in [0.15, 0.2) is 121 Å². The predicted octanol–water partition coefficient (Wildman–Crippen LogP) is 5.32. The fraction of sp³-hybridized carbons (Fsp3) is 0.111. The summed E-state index contributed by atoms with van der Waals surface area (Å²) in [5, 5.41) is 13.0. The molecule has 0 fully saturated rings. The second-order valence-electron chi connectivity index (χ2n) is 7.53. The fourth-order valence-electron chi connectivity index (χ4n) is 4.03. The molecular formula is C27H26NO2P. The fourth-order valence-corrected chi connectivity index (χ4v) is 6.82. The van der Waals surface area contributed by atoms with Gasteiger partial charge in [0, 0.05) is 10.6 Å². The maximum absolute atomic E-state index is 14.9. The highest BCUT2D eigenvalue weighted by Gasteiger charge is 2.40. The van der Waals surface area contributed by atoms with E-state index < -0.39 is 19.4 Å². The Kier molecular flexibility index (Phi) is 6.48. The Morgan fingerprint density at radius 1 is 0.613 bits per heavy atom. The molecule has 0 saturated heterocycles. The summed E-state index contributed by atoms with van der Waals surface area (Å²) in [4.78, 5) is 0. The lowest BCUT2D eigenvalue weighted by Gasteiger charge is -2.38.